The van der Waals surface area contributed by atoms with Crippen molar-refractivity contribution in [1.82, 2.24) is 15.2 Å². The molecule has 2 aromatic rings. The first-order valence-corrected chi connectivity index (χ1v) is 7.70. The third-order valence-electron chi connectivity index (χ3n) is 3.57. The van der Waals surface area contributed by atoms with Gasteiger partial charge in [-0.2, -0.15) is 23.3 Å². The van der Waals surface area contributed by atoms with Crippen LogP contribution in [0.5, 0.6) is 5.88 Å². The summed E-state index contributed by atoms with van der Waals surface area (Å²) in [5, 5.41) is 11.6. The lowest BCUT2D eigenvalue weighted by Crippen LogP contribution is -2.21. The van der Waals surface area contributed by atoms with Crippen LogP contribution in [0.2, 0.25) is 0 Å². The Morgan fingerprint density at radius 1 is 1.36 bits per heavy atom. The summed E-state index contributed by atoms with van der Waals surface area (Å²) in [6.45, 7) is 1.78. The minimum Gasteiger partial charge on any atom is -0.478 e. The zero-order chi connectivity index (χ0) is 18.0. The Kier molecular flexibility index (Phi) is 4.51. The second kappa shape index (κ2) is 6.61. The Hall–Kier alpha value is -2.78. The molecule has 134 valence electrons. The number of amides is 2. The molecule has 1 saturated carbocycles. The molecular formula is C15H16F3N5O2. The Balaban J connectivity index is 1.75. The van der Waals surface area contributed by atoms with E-state index in [1.54, 1.807) is 6.92 Å². The maximum absolute atomic E-state index is 13.0. The fraction of sp³-hybridized carbons (Fsp3) is 0.400. The molecule has 0 bridgehead atoms. The molecule has 3 N–H and O–H groups in total. The number of alkyl halides is 3. The standard InChI is InChI=1S/C15H16F3N5O2/c1-2-25-12-6-9(15(16,17)18)5-11(21-12)22-14(24)20-10-7-19-23-13(10)8-3-4-8/h5-8H,2-4H2,1H3,(H,19,23)(H2,20,21,22,24). The van der Waals surface area contributed by atoms with E-state index in [0.717, 1.165) is 30.7 Å². The summed E-state index contributed by atoms with van der Waals surface area (Å²) in [4.78, 5) is 15.9. The van der Waals surface area contributed by atoms with Gasteiger partial charge >= 0.3 is 12.2 Å². The Bertz CT molecular complexity index is 771. The summed E-state index contributed by atoms with van der Waals surface area (Å²) in [6, 6.07) is 0.824. The van der Waals surface area contributed by atoms with Gasteiger partial charge in [-0.05, 0) is 25.8 Å². The molecule has 25 heavy (non-hydrogen) atoms. The van der Waals surface area contributed by atoms with Gasteiger partial charge in [0.2, 0.25) is 5.88 Å². The number of nitrogens with zero attached hydrogens (tertiary/aromatic N) is 2. The third kappa shape index (κ3) is 4.20. The molecule has 1 aliphatic carbocycles. The van der Waals surface area contributed by atoms with E-state index < -0.39 is 17.8 Å². The number of carbonyl (C=O) groups is 1. The molecule has 2 heterocycles. The number of H-pyrrole nitrogens is 1. The number of aromatic nitrogens is 3. The molecular weight excluding hydrogens is 339 g/mol. The van der Waals surface area contributed by atoms with Crippen LogP contribution in [0.25, 0.3) is 0 Å². The number of rotatable bonds is 5. The van der Waals surface area contributed by atoms with Gasteiger partial charge < -0.3 is 10.1 Å². The molecule has 0 radical (unpaired) electrons. The van der Waals surface area contributed by atoms with Crippen LogP contribution >= 0.6 is 0 Å². The number of hydrogen-bond acceptors (Lipinski definition) is 4. The first-order chi connectivity index (χ1) is 11.9. The van der Waals surface area contributed by atoms with Crippen LogP contribution in [0, 0.1) is 0 Å². The number of pyridine rings is 1. The second-order valence-electron chi connectivity index (χ2n) is 5.56. The van der Waals surface area contributed by atoms with Gasteiger partial charge in [-0.25, -0.2) is 4.79 Å². The molecule has 3 rings (SSSR count). The van der Waals surface area contributed by atoms with Gasteiger partial charge in [0.1, 0.15) is 5.82 Å². The molecule has 0 aromatic carbocycles. The van der Waals surface area contributed by atoms with Crippen molar-refractivity contribution in [1.29, 1.82) is 0 Å². The maximum Gasteiger partial charge on any atom is 0.416 e. The zero-order valence-corrected chi connectivity index (χ0v) is 13.3. The monoisotopic (exact) mass is 355 g/mol. The average Bonchev–Trinajstić information content (AvgIpc) is 3.26. The van der Waals surface area contributed by atoms with Crippen LogP contribution in [0.15, 0.2) is 18.3 Å². The highest BCUT2D eigenvalue weighted by Gasteiger charge is 2.32. The predicted molar refractivity (Wildman–Crippen MR) is 83.6 cm³/mol. The van der Waals surface area contributed by atoms with Crippen molar-refractivity contribution in [3.05, 3.63) is 29.6 Å². The molecule has 0 unspecified atom stereocenters. The van der Waals surface area contributed by atoms with E-state index in [1.807, 2.05) is 0 Å². The fourth-order valence-electron chi connectivity index (χ4n) is 2.30. The smallest absolute Gasteiger partial charge is 0.416 e. The highest BCUT2D eigenvalue weighted by atomic mass is 19.4. The van der Waals surface area contributed by atoms with E-state index in [1.165, 1.54) is 6.20 Å². The summed E-state index contributed by atoms with van der Waals surface area (Å²) in [7, 11) is 0. The first-order valence-electron chi connectivity index (χ1n) is 7.70. The number of hydrogen-bond donors (Lipinski definition) is 3. The number of aromatic amines is 1. The van der Waals surface area contributed by atoms with E-state index >= 15 is 0 Å². The van der Waals surface area contributed by atoms with Crippen molar-refractivity contribution in [3.63, 3.8) is 0 Å². The molecule has 10 heteroatoms. The van der Waals surface area contributed by atoms with E-state index in [4.69, 9.17) is 4.74 Å². The van der Waals surface area contributed by atoms with Gasteiger partial charge in [-0.1, -0.05) is 0 Å². The lowest BCUT2D eigenvalue weighted by atomic mass is 10.2. The molecule has 1 aliphatic rings. The minimum absolute atomic E-state index is 0.152. The summed E-state index contributed by atoms with van der Waals surface area (Å²) < 4.78 is 43.9. The fourth-order valence-corrected chi connectivity index (χ4v) is 2.30. The number of nitrogens with one attached hydrogen (secondary N) is 3. The number of urea groups is 1. The third-order valence-corrected chi connectivity index (χ3v) is 3.57. The van der Waals surface area contributed by atoms with E-state index in [-0.39, 0.29) is 18.3 Å². The molecule has 1 fully saturated rings. The van der Waals surface area contributed by atoms with Gasteiger partial charge in [0.05, 0.1) is 29.7 Å². The van der Waals surface area contributed by atoms with E-state index in [2.05, 4.69) is 25.8 Å². The van der Waals surface area contributed by atoms with Crippen molar-refractivity contribution in [2.45, 2.75) is 31.9 Å². The van der Waals surface area contributed by atoms with Gasteiger partial charge in [0.25, 0.3) is 0 Å². The van der Waals surface area contributed by atoms with Crippen LogP contribution in [0.4, 0.5) is 29.5 Å². The molecule has 2 amide bonds. The zero-order valence-electron chi connectivity index (χ0n) is 13.3. The quantitative estimate of drug-likeness (QED) is 0.762. The first kappa shape index (κ1) is 17.1. The van der Waals surface area contributed by atoms with Crippen LogP contribution in [0.1, 0.15) is 36.9 Å². The molecule has 7 nitrogen and oxygen atoms in total. The Morgan fingerprint density at radius 3 is 2.76 bits per heavy atom. The normalized spacial score (nSPS) is 14.2. The Morgan fingerprint density at radius 2 is 2.12 bits per heavy atom. The van der Waals surface area contributed by atoms with E-state index in [0.29, 0.717) is 11.6 Å². The summed E-state index contributed by atoms with van der Waals surface area (Å²) in [5.41, 5.74) is 0.349. The van der Waals surface area contributed by atoms with Crippen LogP contribution < -0.4 is 15.4 Å². The van der Waals surface area contributed by atoms with Gasteiger partial charge in [0, 0.05) is 12.0 Å². The minimum atomic E-state index is -4.58. The van der Waals surface area contributed by atoms with Crippen molar-refractivity contribution in [3.8, 4) is 5.88 Å². The number of halogens is 3. The highest BCUT2D eigenvalue weighted by molar-refractivity contribution is 5.99. The van der Waals surface area contributed by atoms with E-state index in [9.17, 15) is 18.0 Å². The molecule has 0 aliphatic heterocycles. The summed E-state index contributed by atoms with van der Waals surface area (Å²) in [5.74, 6) is -0.143. The summed E-state index contributed by atoms with van der Waals surface area (Å²) >= 11 is 0. The van der Waals surface area contributed by atoms with Crippen molar-refractivity contribution >= 4 is 17.5 Å². The van der Waals surface area contributed by atoms with Crippen LogP contribution in [0.3, 0.4) is 0 Å². The van der Waals surface area contributed by atoms with Gasteiger partial charge in [-0.15, -0.1) is 0 Å². The molecule has 2 aromatic heterocycles. The largest absolute Gasteiger partial charge is 0.478 e. The topological polar surface area (TPSA) is 91.9 Å². The Labute approximate surface area is 141 Å². The number of anilines is 2. The summed E-state index contributed by atoms with van der Waals surface area (Å²) in [6.07, 6.45) is -1.11. The van der Waals surface area contributed by atoms with Crippen LogP contribution in [-0.4, -0.2) is 27.8 Å². The predicted octanol–water partition coefficient (Wildman–Crippen LogP) is 3.74. The lowest BCUT2D eigenvalue weighted by molar-refractivity contribution is -0.137. The van der Waals surface area contributed by atoms with Crippen LogP contribution in [-0.2, 0) is 6.18 Å². The number of carbonyl (C=O) groups excluding carboxylic acids is 1. The highest BCUT2D eigenvalue weighted by Crippen LogP contribution is 2.42. The van der Waals surface area contributed by atoms with Crippen molar-refractivity contribution in [2.24, 2.45) is 0 Å². The van der Waals surface area contributed by atoms with Crippen molar-refractivity contribution in [2.75, 3.05) is 17.2 Å². The van der Waals surface area contributed by atoms with Crippen molar-refractivity contribution < 1.29 is 22.7 Å². The average molecular weight is 355 g/mol. The lowest BCUT2D eigenvalue weighted by Gasteiger charge is -2.12. The molecule has 0 saturated heterocycles. The number of ether oxygens (including phenoxy) is 1. The SMILES string of the molecule is CCOc1cc(C(F)(F)F)cc(NC(=O)Nc2cn[nH]c2C2CC2)n1. The molecule has 0 spiro atoms. The van der Waals surface area contributed by atoms with Gasteiger partial charge in [-0.3, -0.25) is 10.4 Å². The molecule has 0 atom stereocenters. The maximum atomic E-state index is 13.0. The van der Waals surface area contributed by atoms with Gasteiger partial charge in [0.15, 0.2) is 0 Å². The second-order valence-corrected chi connectivity index (χ2v) is 5.56.